The molecule has 7 nitrogen and oxygen atoms in total. The van der Waals surface area contributed by atoms with Gasteiger partial charge in [-0.15, -0.1) is 0 Å². The topological polar surface area (TPSA) is 89.8 Å². The molecule has 0 saturated heterocycles. The van der Waals surface area contributed by atoms with Gasteiger partial charge in [-0.05, 0) is 54.8 Å². The fraction of sp³-hybridized carbons (Fsp3) is 0.174. The minimum absolute atomic E-state index is 0.0891. The first kappa shape index (κ1) is 22.0. The number of anilines is 1. The van der Waals surface area contributed by atoms with E-state index in [2.05, 4.69) is 20.3 Å². The number of nitrogens with one attached hydrogen (secondary N) is 1. The van der Waals surface area contributed by atoms with Crippen molar-refractivity contribution in [2.75, 3.05) is 11.1 Å². The Kier molecular flexibility index (Phi) is 6.53. The summed E-state index contributed by atoms with van der Waals surface area (Å²) in [5, 5.41) is 3.91. The van der Waals surface area contributed by atoms with Crippen molar-refractivity contribution in [1.82, 2.24) is 19.5 Å². The van der Waals surface area contributed by atoms with Gasteiger partial charge in [-0.3, -0.25) is 14.2 Å². The van der Waals surface area contributed by atoms with Gasteiger partial charge in [0.1, 0.15) is 0 Å². The van der Waals surface area contributed by atoms with E-state index in [0.717, 1.165) is 22.4 Å². The van der Waals surface area contributed by atoms with Gasteiger partial charge in [0.05, 0.1) is 12.3 Å². The van der Waals surface area contributed by atoms with Crippen molar-refractivity contribution < 1.29 is 4.79 Å². The number of nitrogens with zero attached hydrogens (tertiary/aromatic N) is 4. The molecule has 0 atom stereocenters. The van der Waals surface area contributed by atoms with E-state index in [1.54, 1.807) is 12.1 Å². The van der Waals surface area contributed by atoms with Gasteiger partial charge in [-0.2, -0.15) is 0 Å². The van der Waals surface area contributed by atoms with Crippen LogP contribution in [0.1, 0.15) is 16.7 Å². The van der Waals surface area contributed by atoms with E-state index in [-0.39, 0.29) is 34.9 Å². The van der Waals surface area contributed by atoms with E-state index in [1.165, 1.54) is 28.7 Å². The number of carbonyl (C=O) groups excluding carboxylic acids is 1. The highest BCUT2D eigenvalue weighted by Gasteiger charge is 2.15. The van der Waals surface area contributed by atoms with Crippen LogP contribution in [0.5, 0.6) is 0 Å². The lowest BCUT2D eigenvalue weighted by molar-refractivity contribution is -0.113. The first-order valence-electron chi connectivity index (χ1n) is 9.86. The van der Waals surface area contributed by atoms with Gasteiger partial charge in [-0.1, -0.05) is 41.6 Å². The average molecular weight is 466 g/mol. The van der Waals surface area contributed by atoms with Crippen LogP contribution in [0.2, 0.25) is 5.02 Å². The minimum atomic E-state index is -0.310. The quantitative estimate of drug-likeness (QED) is 0.338. The lowest BCUT2D eigenvalue weighted by Gasteiger charge is -2.13. The number of hydrogen-bond acceptors (Lipinski definition) is 6. The molecule has 1 amide bonds. The largest absolute Gasteiger partial charge is 0.325 e. The molecule has 0 saturated carbocycles. The zero-order valence-corrected chi connectivity index (χ0v) is 19.1. The summed E-state index contributed by atoms with van der Waals surface area (Å²) in [6.07, 6.45) is 2.95. The molecule has 0 spiro atoms. The molecule has 0 bridgehead atoms. The smallest absolute Gasteiger partial charge is 0.282 e. The number of halogens is 1. The van der Waals surface area contributed by atoms with Gasteiger partial charge in [-0.25, -0.2) is 15.0 Å². The Morgan fingerprint density at radius 1 is 1.06 bits per heavy atom. The zero-order chi connectivity index (χ0) is 22.7. The van der Waals surface area contributed by atoms with Crippen molar-refractivity contribution in [3.63, 3.8) is 0 Å². The Bertz CT molecular complexity index is 1330. The second kappa shape index (κ2) is 9.50. The molecule has 0 aliphatic heterocycles. The number of rotatable bonds is 6. The molecule has 0 fully saturated rings. The predicted octanol–water partition coefficient (Wildman–Crippen LogP) is 4.24. The number of benzene rings is 2. The number of hydrogen-bond donors (Lipinski definition) is 1. The second-order valence-corrected chi connectivity index (χ2v) is 8.73. The van der Waals surface area contributed by atoms with Crippen LogP contribution in [-0.2, 0) is 11.3 Å². The lowest BCUT2D eigenvalue weighted by Crippen LogP contribution is -2.25. The molecule has 162 valence electrons. The summed E-state index contributed by atoms with van der Waals surface area (Å²) in [5.41, 5.74) is 3.88. The molecule has 32 heavy (non-hydrogen) atoms. The van der Waals surface area contributed by atoms with Crippen LogP contribution >= 0.6 is 23.4 Å². The van der Waals surface area contributed by atoms with Gasteiger partial charge in [0.15, 0.2) is 16.3 Å². The summed E-state index contributed by atoms with van der Waals surface area (Å²) in [7, 11) is 0. The molecular weight excluding hydrogens is 446 g/mol. The van der Waals surface area contributed by atoms with Crippen LogP contribution in [0.4, 0.5) is 5.69 Å². The Morgan fingerprint density at radius 2 is 1.75 bits per heavy atom. The molecular formula is C23H20ClN5O2S. The summed E-state index contributed by atoms with van der Waals surface area (Å²) in [6.45, 7) is 4.23. The zero-order valence-electron chi connectivity index (χ0n) is 17.5. The first-order chi connectivity index (χ1) is 15.4. The Balaban J connectivity index is 1.60. The third kappa shape index (κ3) is 5.15. The number of amides is 1. The molecule has 4 rings (SSSR count). The van der Waals surface area contributed by atoms with Gasteiger partial charge in [0, 0.05) is 23.1 Å². The lowest BCUT2D eigenvalue weighted by atomic mass is 10.1. The van der Waals surface area contributed by atoms with Crippen LogP contribution in [0.15, 0.2) is 64.8 Å². The first-order valence-corrected chi connectivity index (χ1v) is 11.2. The highest BCUT2D eigenvalue weighted by molar-refractivity contribution is 7.99. The van der Waals surface area contributed by atoms with E-state index in [1.807, 2.05) is 44.2 Å². The fourth-order valence-electron chi connectivity index (χ4n) is 3.33. The number of aryl methyl sites for hydroxylation is 2. The third-order valence-electron chi connectivity index (χ3n) is 4.65. The minimum Gasteiger partial charge on any atom is -0.325 e. The summed E-state index contributed by atoms with van der Waals surface area (Å²) in [6, 6.07) is 13.1. The average Bonchev–Trinajstić information content (AvgIpc) is 2.75. The van der Waals surface area contributed by atoms with E-state index >= 15 is 0 Å². The van der Waals surface area contributed by atoms with E-state index in [9.17, 15) is 9.59 Å². The van der Waals surface area contributed by atoms with Crippen molar-refractivity contribution in [1.29, 1.82) is 0 Å². The van der Waals surface area contributed by atoms with Crippen LogP contribution in [0.25, 0.3) is 11.2 Å². The molecule has 1 N–H and O–H groups in total. The summed E-state index contributed by atoms with van der Waals surface area (Å²) in [5.74, 6) is -0.0993. The Hall–Kier alpha value is -3.23. The standard InChI is InChI=1S/C23H20ClN5O2S/c1-14-9-15(2)11-18(10-14)27-19(30)13-32-23-28-21-20(25-7-8-26-21)22(31)29(23)12-16-3-5-17(24)6-4-16/h3-11H,12-13H2,1-2H3,(H,27,30). The van der Waals surface area contributed by atoms with Gasteiger partial charge in [0.2, 0.25) is 5.91 Å². The monoisotopic (exact) mass is 465 g/mol. The van der Waals surface area contributed by atoms with Crippen LogP contribution in [0, 0.1) is 13.8 Å². The van der Waals surface area contributed by atoms with Crippen molar-refractivity contribution in [3.8, 4) is 0 Å². The fourth-order valence-corrected chi connectivity index (χ4v) is 4.24. The molecule has 0 unspecified atom stereocenters. The molecule has 9 heteroatoms. The van der Waals surface area contributed by atoms with Gasteiger partial charge in [0.25, 0.3) is 5.56 Å². The van der Waals surface area contributed by atoms with Crippen LogP contribution in [0.3, 0.4) is 0 Å². The summed E-state index contributed by atoms with van der Waals surface area (Å²) < 4.78 is 1.51. The van der Waals surface area contributed by atoms with Crippen molar-refractivity contribution >= 4 is 46.1 Å². The number of fused-ring (bicyclic) bond motifs is 1. The van der Waals surface area contributed by atoms with Crippen LogP contribution < -0.4 is 10.9 Å². The highest BCUT2D eigenvalue weighted by atomic mass is 35.5. The second-order valence-electron chi connectivity index (χ2n) is 7.35. The van der Waals surface area contributed by atoms with Crippen molar-refractivity contribution in [3.05, 3.63) is 86.9 Å². The maximum atomic E-state index is 13.1. The summed E-state index contributed by atoms with van der Waals surface area (Å²) >= 11 is 7.16. The van der Waals surface area contributed by atoms with E-state index in [4.69, 9.17) is 11.6 Å². The van der Waals surface area contributed by atoms with Crippen molar-refractivity contribution in [2.45, 2.75) is 25.5 Å². The molecule has 2 heterocycles. The van der Waals surface area contributed by atoms with Crippen LogP contribution in [-0.4, -0.2) is 31.2 Å². The Morgan fingerprint density at radius 3 is 2.47 bits per heavy atom. The predicted molar refractivity (Wildman–Crippen MR) is 127 cm³/mol. The maximum absolute atomic E-state index is 13.1. The molecule has 2 aromatic heterocycles. The molecule has 4 aromatic rings. The summed E-state index contributed by atoms with van der Waals surface area (Å²) in [4.78, 5) is 38.5. The van der Waals surface area contributed by atoms with E-state index < -0.39 is 0 Å². The number of carbonyl (C=O) groups is 1. The molecule has 0 radical (unpaired) electrons. The normalized spacial score (nSPS) is 11.0. The molecule has 0 aliphatic carbocycles. The molecule has 2 aromatic carbocycles. The maximum Gasteiger partial charge on any atom is 0.282 e. The Labute approximate surface area is 193 Å². The third-order valence-corrected chi connectivity index (χ3v) is 5.88. The molecule has 0 aliphatic rings. The number of thioether (sulfide) groups is 1. The highest BCUT2D eigenvalue weighted by Crippen LogP contribution is 2.20. The van der Waals surface area contributed by atoms with E-state index in [0.29, 0.717) is 10.2 Å². The van der Waals surface area contributed by atoms with Gasteiger partial charge >= 0.3 is 0 Å². The van der Waals surface area contributed by atoms with Gasteiger partial charge < -0.3 is 5.32 Å². The number of aromatic nitrogens is 4. The SMILES string of the molecule is Cc1cc(C)cc(NC(=O)CSc2nc3nccnc3c(=O)n2Cc2ccc(Cl)cc2)c1. The van der Waals surface area contributed by atoms with Crippen molar-refractivity contribution in [2.24, 2.45) is 0 Å².